The van der Waals surface area contributed by atoms with Gasteiger partial charge in [-0.3, -0.25) is 4.79 Å². The maximum Gasteiger partial charge on any atom is 0.393 e. The second-order valence-electron chi connectivity index (χ2n) is 4.81. The van der Waals surface area contributed by atoms with Crippen LogP contribution >= 0.6 is 0 Å². The number of alkyl halides is 3. The number of piperidine rings is 1. The minimum Gasteiger partial charge on any atom is -0.341 e. The second kappa shape index (κ2) is 4.84. The number of hydrogen-bond donors (Lipinski definition) is 1. The normalized spacial score (nSPS) is 30.6. The van der Waals surface area contributed by atoms with Gasteiger partial charge < -0.3 is 10.2 Å². The van der Waals surface area contributed by atoms with E-state index in [-0.39, 0.29) is 31.5 Å². The molecule has 2 aliphatic rings. The van der Waals surface area contributed by atoms with Crippen LogP contribution in [0.1, 0.15) is 25.7 Å². The molecule has 0 aliphatic carbocycles. The molecule has 0 spiro atoms. The first-order valence-corrected chi connectivity index (χ1v) is 6.07. The minimum atomic E-state index is -4.17. The molecule has 1 N–H and O–H groups in total. The maximum atomic E-state index is 12.5. The lowest BCUT2D eigenvalue weighted by Crippen LogP contribution is -2.48. The molecule has 0 aromatic rings. The highest BCUT2D eigenvalue weighted by molar-refractivity contribution is 5.82. The Morgan fingerprint density at radius 3 is 2.53 bits per heavy atom. The Labute approximate surface area is 98.3 Å². The van der Waals surface area contributed by atoms with Crippen molar-refractivity contribution < 1.29 is 18.0 Å². The van der Waals surface area contributed by atoms with Crippen molar-refractivity contribution in [3.05, 3.63) is 0 Å². The van der Waals surface area contributed by atoms with E-state index < -0.39 is 12.1 Å². The molecule has 2 rings (SSSR count). The van der Waals surface area contributed by atoms with Crippen molar-refractivity contribution in [3.63, 3.8) is 0 Å². The smallest absolute Gasteiger partial charge is 0.341 e. The topological polar surface area (TPSA) is 32.3 Å². The van der Waals surface area contributed by atoms with Crippen LogP contribution in [0.2, 0.25) is 0 Å². The van der Waals surface area contributed by atoms with Crippen LogP contribution in [-0.4, -0.2) is 42.7 Å². The molecular formula is C11H17F3N2O. The maximum absolute atomic E-state index is 12.5. The van der Waals surface area contributed by atoms with Crippen molar-refractivity contribution in [2.45, 2.75) is 37.9 Å². The van der Waals surface area contributed by atoms with E-state index in [1.165, 1.54) is 4.90 Å². The minimum absolute atomic E-state index is 0.0436. The fourth-order valence-corrected chi connectivity index (χ4v) is 2.51. The number of halogens is 3. The van der Waals surface area contributed by atoms with Crippen LogP contribution in [0.25, 0.3) is 0 Å². The van der Waals surface area contributed by atoms with Gasteiger partial charge in [0.25, 0.3) is 0 Å². The lowest BCUT2D eigenvalue weighted by Gasteiger charge is -2.27. The molecule has 2 atom stereocenters. The van der Waals surface area contributed by atoms with Crippen LogP contribution in [-0.2, 0) is 4.79 Å². The van der Waals surface area contributed by atoms with E-state index in [1.54, 1.807) is 0 Å². The van der Waals surface area contributed by atoms with Gasteiger partial charge in [0, 0.05) is 13.1 Å². The lowest BCUT2D eigenvalue weighted by molar-refractivity contribution is -0.171. The molecule has 3 nitrogen and oxygen atoms in total. The van der Waals surface area contributed by atoms with Gasteiger partial charge in [-0.1, -0.05) is 6.42 Å². The average Bonchev–Trinajstić information content (AvgIpc) is 2.78. The third kappa shape index (κ3) is 2.91. The van der Waals surface area contributed by atoms with E-state index in [9.17, 15) is 18.0 Å². The molecule has 2 aliphatic heterocycles. The van der Waals surface area contributed by atoms with Crippen molar-refractivity contribution in [2.75, 3.05) is 19.6 Å². The Kier molecular flexibility index (Phi) is 3.61. The molecule has 2 saturated heterocycles. The van der Waals surface area contributed by atoms with Crippen molar-refractivity contribution in [3.8, 4) is 0 Å². The number of nitrogens with zero attached hydrogens (tertiary/aromatic N) is 1. The number of likely N-dealkylation sites (tertiary alicyclic amines) is 1. The SMILES string of the molecule is O=C([C@H]1CCCCN1)N1CC[C@H](C(F)(F)F)C1. The van der Waals surface area contributed by atoms with Crippen LogP contribution in [0.5, 0.6) is 0 Å². The molecule has 17 heavy (non-hydrogen) atoms. The fourth-order valence-electron chi connectivity index (χ4n) is 2.51. The van der Waals surface area contributed by atoms with E-state index in [4.69, 9.17) is 0 Å². The molecule has 2 fully saturated rings. The van der Waals surface area contributed by atoms with Gasteiger partial charge in [0.05, 0.1) is 12.0 Å². The summed E-state index contributed by atoms with van der Waals surface area (Å²) < 4.78 is 37.5. The highest BCUT2D eigenvalue weighted by atomic mass is 19.4. The fraction of sp³-hybridized carbons (Fsp3) is 0.909. The number of amides is 1. The number of carbonyl (C=O) groups excluding carboxylic acids is 1. The summed E-state index contributed by atoms with van der Waals surface area (Å²) >= 11 is 0. The third-order valence-corrected chi connectivity index (χ3v) is 3.57. The van der Waals surface area contributed by atoms with Gasteiger partial charge >= 0.3 is 6.18 Å². The van der Waals surface area contributed by atoms with Gasteiger partial charge in [-0.2, -0.15) is 13.2 Å². The van der Waals surface area contributed by atoms with Crippen molar-refractivity contribution in [2.24, 2.45) is 5.92 Å². The monoisotopic (exact) mass is 250 g/mol. The molecule has 1 amide bonds. The molecule has 0 aromatic carbocycles. The number of rotatable bonds is 1. The Morgan fingerprint density at radius 2 is 2.00 bits per heavy atom. The van der Waals surface area contributed by atoms with Crippen LogP contribution < -0.4 is 5.32 Å². The summed E-state index contributed by atoms with van der Waals surface area (Å²) in [7, 11) is 0. The van der Waals surface area contributed by atoms with E-state index in [0.29, 0.717) is 0 Å². The standard InChI is InChI=1S/C11H17F3N2O/c12-11(13,14)8-4-6-16(7-8)10(17)9-3-1-2-5-15-9/h8-9,15H,1-7H2/t8-,9+/m0/s1. The predicted octanol–water partition coefficient (Wildman–Crippen LogP) is 1.54. The summed E-state index contributed by atoms with van der Waals surface area (Å²) in [6.07, 6.45) is -1.38. The quantitative estimate of drug-likeness (QED) is 0.765. The van der Waals surface area contributed by atoms with Crippen molar-refractivity contribution in [1.82, 2.24) is 10.2 Å². The van der Waals surface area contributed by atoms with Gasteiger partial charge in [0.15, 0.2) is 0 Å². The summed E-state index contributed by atoms with van der Waals surface area (Å²) in [6, 6.07) is -0.268. The Hall–Kier alpha value is -0.780. The Morgan fingerprint density at radius 1 is 1.24 bits per heavy atom. The lowest BCUT2D eigenvalue weighted by atomic mass is 10.0. The first-order chi connectivity index (χ1) is 7.98. The molecule has 0 saturated carbocycles. The van der Waals surface area contributed by atoms with E-state index >= 15 is 0 Å². The van der Waals surface area contributed by atoms with Gasteiger partial charge in [-0.25, -0.2) is 0 Å². The third-order valence-electron chi connectivity index (χ3n) is 3.57. The molecule has 0 radical (unpaired) electrons. The molecule has 6 heteroatoms. The number of hydrogen-bond acceptors (Lipinski definition) is 2. The Bertz CT molecular complexity index is 287. The van der Waals surface area contributed by atoms with Gasteiger partial charge in [-0.15, -0.1) is 0 Å². The average molecular weight is 250 g/mol. The summed E-state index contributed by atoms with van der Waals surface area (Å²) in [5.41, 5.74) is 0. The first-order valence-electron chi connectivity index (χ1n) is 6.07. The van der Waals surface area contributed by atoms with Gasteiger partial charge in [0.1, 0.15) is 0 Å². The molecule has 0 aromatic heterocycles. The van der Waals surface area contributed by atoms with E-state index in [2.05, 4.69) is 5.32 Å². The predicted molar refractivity (Wildman–Crippen MR) is 56.4 cm³/mol. The molecular weight excluding hydrogens is 233 g/mol. The van der Waals surface area contributed by atoms with E-state index in [0.717, 1.165) is 25.8 Å². The highest BCUT2D eigenvalue weighted by Crippen LogP contribution is 2.33. The van der Waals surface area contributed by atoms with E-state index in [1.807, 2.05) is 0 Å². The number of carbonyl (C=O) groups is 1. The molecule has 98 valence electrons. The zero-order valence-corrected chi connectivity index (χ0v) is 9.59. The first kappa shape index (κ1) is 12.7. The van der Waals surface area contributed by atoms with Crippen LogP contribution in [0, 0.1) is 5.92 Å². The van der Waals surface area contributed by atoms with Gasteiger partial charge in [-0.05, 0) is 25.8 Å². The summed E-state index contributed by atoms with van der Waals surface area (Å²) in [4.78, 5) is 13.3. The van der Waals surface area contributed by atoms with Crippen molar-refractivity contribution in [1.29, 1.82) is 0 Å². The summed E-state index contributed by atoms with van der Waals surface area (Å²) in [5, 5.41) is 3.08. The summed E-state index contributed by atoms with van der Waals surface area (Å²) in [6.45, 7) is 0.856. The zero-order valence-electron chi connectivity index (χ0n) is 9.59. The van der Waals surface area contributed by atoms with Crippen LogP contribution in [0.4, 0.5) is 13.2 Å². The largest absolute Gasteiger partial charge is 0.393 e. The summed E-state index contributed by atoms with van der Waals surface area (Å²) in [5.74, 6) is -1.49. The molecule has 0 unspecified atom stereocenters. The Balaban J connectivity index is 1.89. The zero-order chi connectivity index (χ0) is 12.5. The van der Waals surface area contributed by atoms with Crippen molar-refractivity contribution >= 4 is 5.91 Å². The highest BCUT2D eigenvalue weighted by Gasteiger charge is 2.45. The van der Waals surface area contributed by atoms with Gasteiger partial charge in [0.2, 0.25) is 5.91 Å². The van der Waals surface area contributed by atoms with Crippen LogP contribution in [0.3, 0.4) is 0 Å². The molecule has 2 heterocycles. The number of nitrogens with one attached hydrogen (secondary N) is 1. The van der Waals surface area contributed by atoms with Crippen LogP contribution in [0.15, 0.2) is 0 Å². The molecule has 0 bridgehead atoms. The second-order valence-corrected chi connectivity index (χ2v) is 4.81.